The molecule has 2 aliphatic rings. The highest BCUT2D eigenvalue weighted by Crippen LogP contribution is 2.44. The molecule has 1 aliphatic heterocycles. The Kier molecular flexibility index (Phi) is 10.3. The fourth-order valence-corrected chi connectivity index (χ4v) is 6.98. The summed E-state index contributed by atoms with van der Waals surface area (Å²) in [5.41, 5.74) is 22.7. The van der Waals surface area contributed by atoms with Crippen molar-refractivity contribution in [3.63, 3.8) is 0 Å². The Labute approximate surface area is 292 Å². The van der Waals surface area contributed by atoms with Gasteiger partial charge in [-0.2, -0.15) is 0 Å². The average Bonchev–Trinajstić information content (AvgIpc) is 3.56. The third-order valence-electron chi connectivity index (χ3n) is 9.90. The predicted octanol–water partition coefficient (Wildman–Crippen LogP) is 7.89. The predicted molar refractivity (Wildman–Crippen MR) is 203 cm³/mol. The topological polar surface area (TPSA) is 97.8 Å². The first-order chi connectivity index (χ1) is 23.6. The van der Waals surface area contributed by atoms with Gasteiger partial charge < -0.3 is 36.5 Å². The molecule has 1 aliphatic carbocycles. The van der Waals surface area contributed by atoms with Crippen LogP contribution in [0.4, 0.5) is 17.1 Å². The largest absolute Gasteiger partial charge is 0.497 e. The van der Waals surface area contributed by atoms with Gasteiger partial charge in [0, 0.05) is 30.9 Å². The fraction of sp³-hybridized carbons (Fsp3) is 0.333. The molecule has 0 aromatic heterocycles. The first-order valence-corrected chi connectivity index (χ1v) is 17.3. The molecule has 0 spiro atoms. The maximum atomic E-state index is 6.81. The van der Waals surface area contributed by atoms with Gasteiger partial charge in [0.1, 0.15) is 11.5 Å². The van der Waals surface area contributed by atoms with Crippen LogP contribution in [0.2, 0.25) is 0 Å². The molecule has 4 atom stereocenters. The van der Waals surface area contributed by atoms with Crippen molar-refractivity contribution in [2.24, 2.45) is 5.73 Å². The van der Waals surface area contributed by atoms with E-state index in [4.69, 9.17) is 20.9 Å². The van der Waals surface area contributed by atoms with Crippen molar-refractivity contribution >= 4 is 17.1 Å². The summed E-state index contributed by atoms with van der Waals surface area (Å²) in [5.74, 6) is 1.71. The van der Waals surface area contributed by atoms with Gasteiger partial charge in [-0.1, -0.05) is 81.5 Å². The maximum Gasteiger partial charge on any atom is 0.118 e. The second-order valence-electron chi connectivity index (χ2n) is 14.2. The molecular formula is C42H51N5O2. The van der Waals surface area contributed by atoms with Gasteiger partial charge in [-0.05, 0) is 94.6 Å². The number of nitrogens with zero attached hydrogens (tertiary/aromatic N) is 1. The van der Waals surface area contributed by atoms with Crippen molar-refractivity contribution in [3.05, 3.63) is 137 Å². The van der Waals surface area contributed by atoms with E-state index in [1.807, 2.05) is 24.3 Å². The monoisotopic (exact) mass is 657 g/mol. The van der Waals surface area contributed by atoms with Crippen LogP contribution < -0.4 is 36.5 Å². The molecule has 4 unspecified atom stereocenters. The third-order valence-corrected chi connectivity index (χ3v) is 9.90. The SMILES string of the molecule is COc1ccc(CNc2ccc(C3CCC(C4=CC(N)C(NCc5ccc(OC)cc5)C=C4)N3c3ccc(C(C)(C)C)cc3)cc2N)cc1. The zero-order valence-corrected chi connectivity index (χ0v) is 29.4. The van der Waals surface area contributed by atoms with Crippen molar-refractivity contribution in [3.8, 4) is 11.5 Å². The number of methoxy groups -OCH3 is 2. The fourth-order valence-electron chi connectivity index (χ4n) is 6.98. The Morgan fingerprint density at radius 2 is 1.39 bits per heavy atom. The zero-order valence-electron chi connectivity index (χ0n) is 29.4. The van der Waals surface area contributed by atoms with Gasteiger partial charge in [0.05, 0.1) is 37.7 Å². The molecular weight excluding hydrogens is 606 g/mol. The van der Waals surface area contributed by atoms with Gasteiger partial charge >= 0.3 is 0 Å². The van der Waals surface area contributed by atoms with Crippen molar-refractivity contribution in [2.45, 2.75) is 76.3 Å². The Morgan fingerprint density at radius 3 is 1.96 bits per heavy atom. The summed E-state index contributed by atoms with van der Waals surface area (Å²) in [7, 11) is 3.37. The van der Waals surface area contributed by atoms with Crippen molar-refractivity contribution in [1.82, 2.24) is 5.32 Å². The number of hydrogen-bond donors (Lipinski definition) is 4. The number of rotatable bonds is 11. The number of benzene rings is 4. The van der Waals surface area contributed by atoms with E-state index in [1.165, 1.54) is 28.0 Å². The molecule has 7 heteroatoms. The number of ether oxygens (including phenoxy) is 2. The Balaban J connectivity index is 1.21. The highest BCUT2D eigenvalue weighted by atomic mass is 16.5. The van der Waals surface area contributed by atoms with Crippen molar-refractivity contribution in [1.29, 1.82) is 0 Å². The van der Waals surface area contributed by atoms with E-state index in [-0.39, 0.29) is 29.6 Å². The lowest BCUT2D eigenvalue weighted by Gasteiger charge is -2.36. The van der Waals surface area contributed by atoms with E-state index in [9.17, 15) is 0 Å². The van der Waals surface area contributed by atoms with Crippen LogP contribution in [-0.2, 0) is 18.5 Å². The van der Waals surface area contributed by atoms with Crippen LogP contribution in [0, 0.1) is 0 Å². The molecule has 6 N–H and O–H groups in total. The molecule has 49 heavy (non-hydrogen) atoms. The first kappa shape index (κ1) is 34.2. The highest BCUT2D eigenvalue weighted by molar-refractivity contribution is 5.68. The van der Waals surface area contributed by atoms with E-state index >= 15 is 0 Å². The summed E-state index contributed by atoms with van der Waals surface area (Å²) < 4.78 is 10.6. The summed E-state index contributed by atoms with van der Waals surface area (Å²) in [6, 6.07) is 32.2. The zero-order chi connectivity index (χ0) is 34.5. The molecule has 7 nitrogen and oxygen atoms in total. The van der Waals surface area contributed by atoms with Gasteiger partial charge in [-0.25, -0.2) is 0 Å². The molecule has 0 bridgehead atoms. The van der Waals surface area contributed by atoms with Crippen LogP contribution in [0.5, 0.6) is 11.5 Å². The van der Waals surface area contributed by atoms with Crippen molar-refractivity contribution in [2.75, 3.05) is 30.2 Å². The smallest absolute Gasteiger partial charge is 0.118 e. The molecule has 1 heterocycles. The van der Waals surface area contributed by atoms with Crippen LogP contribution in [0.15, 0.2) is 115 Å². The lowest BCUT2D eigenvalue weighted by atomic mass is 9.87. The summed E-state index contributed by atoms with van der Waals surface area (Å²) in [5, 5.41) is 7.16. The van der Waals surface area contributed by atoms with Crippen molar-refractivity contribution < 1.29 is 9.47 Å². The molecule has 4 aromatic rings. The van der Waals surface area contributed by atoms with Gasteiger partial charge in [0.2, 0.25) is 0 Å². The Bertz CT molecular complexity index is 1760. The molecule has 0 saturated carbocycles. The van der Waals surface area contributed by atoms with Gasteiger partial charge in [0.25, 0.3) is 0 Å². The van der Waals surface area contributed by atoms with Crippen LogP contribution >= 0.6 is 0 Å². The number of anilines is 3. The number of hydrogen-bond acceptors (Lipinski definition) is 7. The van der Waals surface area contributed by atoms with Gasteiger partial charge in [-0.15, -0.1) is 0 Å². The molecule has 4 aromatic carbocycles. The van der Waals surface area contributed by atoms with E-state index < -0.39 is 0 Å². The molecule has 0 amide bonds. The Hall–Kier alpha value is -4.72. The molecule has 1 fully saturated rings. The minimum atomic E-state index is -0.130. The third kappa shape index (κ3) is 7.96. The molecule has 1 saturated heterocycles. The van der Waals surface area contributed by atoms with Crippen LogP contribution in [0.3, 0.4) is 0 Å². The highest BCUT2D eigenvalue weighted by Gasteiger charge is 2.37. The lowest BCUT2D eigenvalue weighted by Crippen LogP contribution is -2.45. The average molecular weight is 658 g/mol. The van der Waals surface area contributed by atoms with E-state index in [2.05, 4.69) is 121 Å². The number of nitrogens with two attached hydrogens (primary N) is 2. The van der Waals surface area contributed by atoms with Gasteiger partial charge in [-0.3, -0.25) is 0 Å². The van der Waals surface area contributed by atoms with Crippen LogP contribution in [-0.4, -0.2) is 32.3 Å². The quantitative estimate of drug-likeness (QED) is 0.122. The normalized spacial score (nSPS) is 20.6. The molecule has 0 radical (unpaired) electrons. The number of nitrogens with one attached hydrogen (secondary N) is 2. The van der Waals surface area contributed by atoms with E-state index in [0.29, 0.717) is 6.54 Å². The van der Waals surface area contributed by atoms with Crippen LogP contribution in [0.25, 0.3) is 0 Å². The maximum absolute atomic E-state index is 6.81. The summed E-state index contributed by atoms with van der Waals surface area (Å²) in [6.45, 7) is 8.19. The van der Waals surface area contributed by atoms with Gasteiger partial charge in [0.15, 0.2) is 0 Å². The Morgan fingerprint density at radius 1 is 0.776 bits per heavy atom. The van der Waals surface area contributed by atoms with E-state index in [1.54, 1.807) is 14.2 Å². The minimum Gasteiger partial charge on any atom is -0.497 e. The van der Waals surface area contributed by atoms with Crippen LogP contribution in [0.1, 0.15) is 61.9 Å². The summed E-state index contributed by atoms with van der Waals surface area (Å²) in [6.07, 6.45) is 8.81. The minimum absolute atomic E-state index is 0.0559. The molecule has 256 valence electrons. The first-order valence-electron chi connectivity index (χ1n) is 17.3. The second-order valence-corrected chi connectivity index (χ2v) is 14.2. The standard InChI is InChI=1S/C42H51N5O2/c1-42(2,3)32-12-14-33(15-13-32)47-40(30-10-20-38(36(43)24-30)45-26-28-6-16-34(48-4)17-7-28)22-23-41(47)31-11-21-39(37(44)25-31)46-27-29-8-18-35(49-5)19-9-29/h6-21,24-25,36,38,40-41,45-46H,22-23,26-27,43-44H2,1-5H3. The summed E-state index contributed by atoms with van der Waals surface area (Å²) in [4.78, 5) is 2.58. The lowest BCUT2D eigenvalue weighted by molar-refractivity contribution is 0.414. The number of nitrogen functional groups attached to an aromatic ring is 1. The summed E-state index contributed by atoms with van der Waals surface area (Å²) >= 11 is 0. The van der Waals surface area contributed by atoms with E-state index in [0.717, 1.165) is 47.8 Å². The molecule has 6 rings (SSSR count). The second kappa shape index (κ2) is 14.8.